The van der Waals surface area contributed by atoms with Crippen molar-refractivity contribution in [2.45, 2.75) is 20.1 Å². The Morgan fingerprint density at radius 2 is 1.90 bits per heavy atom. The molecule has 110 valence electrons. The third kappa shape index (κ3) is 4.51. The molecule has 0 spiro atoms. The van der Waals surface area contributed by atoms with E-state index in [-0.39, 0.29) is 0 Å². The number of morpholine rings is 1. The number of nitrogens with zero attached hydrogens (tertiary/aromatic N) is 2. The van der Waals surface area contributed by atoms with Crippen LogP contribution >= 0.6 is 0 Å². The van der Waals surface area contributed by atoms with Crippen molar-refractivity contribution in [2.24, 2.45) is 10.7 Å². The summed E-state index contributed by atoms with van der Waals surface area (Å²) >= 11 is 0. The summed E-state index contributed by atoms with van der Waals surface area (Å²) in [5, 5.41) is 0. The zero-order valence-corrected chi connectivity index (χ0v) is 12.0. The van der Waals surface area contributed by atoms with Gasteiger partial charge in [-0.1, -0.05) is 24.3 Å². The fourth-order valence-corrected chi connectivity index (χ4v) is 2.03. The van der Waals surface area contributed by atoms with Crippen LogP contribution in [-0.4, -0.2) is 43.8 Å². The fourth-order valence-electron chi connectivity index (χ4n) is 2.03. The van der Waals surface area contributed by atoms with E-state index >= 15 is 0 Å². The van der Waals surface area contributed by atoms with Gasteiger partial charge in [0.15, 0.2) is 5.96 Å². The number of hydrogen-bond donors (Lipinski definition) is 1. The third-order valence-corrected chi connectivity index (χ3v) is 3.25. The first-order valence-corrected chi connectivity index (χ1v) is 7.07. The first kappa shape index (κ1) is 14.8. The quantitative estimate of drug-likeness (QED) is 0.652. The second kappa shape index (κ2) is 7.87. The Balaban J connectivity index is 1.85. The highest BCUT2D eigenvalue weighted by molar-refractivity contribution is 5.78. The van der Waals surface area contributed by atoms with E-state index in [1.165, 1.54) is 5.56 Å². The summed E-state index contributed by atoms with van der Waals surface area (Å²) in [5.74, 6) is 0.603. The predicted molar refractivity (Wildman–Crippen MR) is 79.5 cm³/mol. The van der Waals surface area contributed by atoms with E-state index in [1.54, 1.807) is 0 Å². The molecule has 2 N–H and O–H groups in total. The number of guanidine groups is 1. The molecule has 1 aliphatic heterocycles. The van der Waals surface area contributed by atoms with Gasteiger partial charge in [0.2, 0.25) is 0 Å². The number of nitrogens with two attached hydrogens (primary N) is 1. The van der Waals surface area contributed by atoms with Gasteiger partial charge in [0.25, 0.3) is 0 Å². The van der Waals surface area contributed by atoms with Crippen LogP contribution in [0.15, 0.2) is 29.3 Å². The number of hydrogen-bond acceptors (Lipinski definition) is 3. The van der Waals surface area contributed by atoms with Crippen LogP contribution in [-0.2, 0) is 22.6 Å². The average molecular weight is 277 g/mol. The summed E-state index contributed by atoms with van der Waals surface area (Å²) in [5.41, 5.74) is 8.33. The first-order valence-electron chi connectivity index (χ1n) is 7.07. The van der Waals surface area contributed by atoms with Gasteiger partial charge in [-0.3, -0.25) is 0 Å². The Kier molecular flexibility index (Phi) is 5.83. The van der Waals surface area contributed by atoms with Crippen LogP contribution in [0.4, 0.5) is 0 Å². The molecule has 0 amide bonds. The van der Waals surface area contributed by atoms with Gasteiger partial charge in [0, 0.05) is 19.7 Å². The second-order valence-electron chi connectivity index (χ2n) is 4.73. The maximum absolute atomic E-state index is 5.99. The molecule has 0 bridgehead atoms. The van der Waals surface area contributed by atoms with E-state index < -0.39 is 0 Å². The standard InChI is InChI=1S/C15H23N3O2/c1-2-19-12-14-5-3-13(4-6-14)11-17-15(16)18-7-9-20-10-8-18/h3-6H,2,7-12H2,1H3,(H2,16,17). The van der Waals surface area contributed by atoms with Gasteiger partial charge >= 0.3 is 0 Å². The monoisotopic (exact) mass is 277 g/mol. The SMILES string of the molecule is CCOCc1ccc(CN=C(N)N2CCOCC2)cc1. The number of rotatable bonds is 5. The van der Waals surface area contributed by atoms with Crippen LogP contribution in [0.3, 0.4) is 0 Å². The van der Waals surface area contributed by atoms with Crippen molar-refractivity contribution in [3.8, 4) is 0 Å². The minimum Gasteiger partial charge on any atom is -0.378 e. The van der Waals surface area contributed by atoms with E-state index in [9.17, 15) is 0 Å². The molecule has 2 rings (SSSR count). The van der Waals surface area contributed by atoms with Crippen LogP contribution in [0.25, 0.3) is 0 Å². The Morgan fingerprint density at radius 3 is 2.55 bits per heavy atom. The molecule has 0 saturated carbocycles. The minimum atomic E-state index is 0.603. The van der Waals surface area contributed by atoms with Crippen LogP contribution in [0.2, 0.25) is 0 Å². The zero-order chi connectivity index (χ0) is 14.2. The lowest BCUT2D eigenvalue weighted by Gasteiger charge is -2.27. The largest absolute Gasteiger partial charge is 0.378 e. The van der Waals surface area contributed by atoms with Crippen molar-refractivity contribution in [2.75, 3.05) is 32.9 Å². The highest BCUT2D eigenvalue weighted by Gasteiger charge is 2.11. The molecular weight excluding hydrogens is 254 g/mol. The summed E-state index contributed by atoms with van der Waals surface area (Å²) in [6.07, 6.45) is 0. The number of benzene rings is 1. The molecule has 20 heavy (non-hydrogen) atoms. The third-order valence-electron chi connectivity index (χ3n) is 3.25. The Hall–Kier alpha value is -1.59. The van der Waals surface area contributed by atoms with E-state index in [2.05, 4.69) is 34.2 Å². The molecule has 0 aliphatic carbocycles. The lowest BCUT2D eigenvalue weighted by atomic mass is 10.1. The summed E-state index contributed by atoms with van der Waals surface area (Å²) < 4.78 is 10.7. The average Bonchev–Trinajstić information content (AvgIpc) is 2.52. The number of ether oxygens (including phenoxy) is 2. The molecule has 5 heteroatoms. The normalized spacial score (nSPS) is 16.4. The van der Waals surface area contributed by atoms with E-state index in [0.29, 0.717) is 19.1 Å². The predicted octanol–water partition coefficient (Wildman–Crippen LogP) is 1.37. The Morgan fingerprint density at radius 1 is 1.25 bits per heavy atom. The molecule has 1 heterocycles. The van der Waals surface area contributed by atoms with Crippen molar-refractivity contribution < 1.29 is 9.47 Å². The van der Waals surface area contributed by atoms with Gasteiger partial charge < -0.3 is 20.1 Å². The smallest absolute Gasteiger partial charge is 0.191 e. The molecule has 1 saturated heterocycles. The summed E-state index contributed by atoms with van der Waals surface area (Å²) in [7, 11) is 0. The van der Waals surface area contributed by atoms with Gasteiger partial charge in [0.05, 0.1) is 26.4 Å². The molecule has 0 aromatic heterocycles. The van der Waals surface area contributed by atoms with E-state index in [4.69, 9.17) is 15.2 Å². The van der Waals surface area contributed by atoms with Gasteiger partial charge in [-0.15, -0.1) is 0 Å². The topological polar surface area (TPSA) is 60.1 Å². The molecule has 0 unspecified atom stereocenters. The fraction of sp³-hybridized carbons (Fsp3) is 0.533. The Bertz CT molecular complexity index is 425. The molecule has 1 aliphatic rings. The lowest BCUT2D eigenvalue weighted by Crippen LogP contribution is -2.44. The van der Waals surface area contributed by atoms with Crippen LogP contribution in [0.1, 0.15) is 18.1 Å². The maximum atomic E-state index is 5.99. The van der Waals surface area contributed by atoms with Gasteiger partial charge in [0.1, 0.15) is 0 Å². The molecule has 1 aromatic rings. The maximum Gasteiger partial charge on any atom is 0.191 e. The van der Waals surface area contributed by atoms with E-state index in [0.717, 1.165) is 38.5 Å². The van der Waals surface area contributed by atoms with Crippen molar-refractivity contribution in [3.63, 3.8) is 0 Å². The van der Waals surface area contributed by atoms with Crippen molar-refractivity contribution in [1.82, 2.24) is 4.90 Å². The van der Waals surface area contributed by atoms with Gasteiger partial charge in [-0.05, 0) is 18.1 Å². The van der Waals surface area contributed by atoms with E-state index in [1.807, 2.05) is 6.92 Å². The van der Waals surface area contributed by atoms with Gasteiger partial charge in [-0.25, -0.2) is 4.99 Å². The van der Waals surface area contributed by atoms with Crippen molar-refractivity contribution in [1.29, 1.82) is 0 Å². The van der Waals surface area contributed by atoms with Crippen LogP contribution < -0.4 is 5.73 Å². The molecule has 5 nitrogen and oxygen atoms in total. The lowest BCUT2D eigenvalue weighted by molar-refractivity contribution is 0.0674. The molecular formula is C15H23N3O2. The second-order valence-corrected chi connectivity index (χ2v) is 4.73. The number of aliphatic imine (C=N–C) groups is 1. The molecule has 0 radical (unpaired) electrons. The van der Waals surface area contributed by atoms with Crippen LogP contribution in [0.5, 0.6) is 0 Å². The summed E-state index contributed by atoms with van der Waals surface area (Å²) in [6.45, 7) is 7.10. The van der Waals surface area contributed by atoms with Crippen molar-refractivity contribution in [3.05, 3.63) is 35.4 Å². The van der Waals surface area contributed by atoms with Gasteiger partial charge in [-0.2, -0.15) is 0 Å². The molecule has 0 atom stereocenters. The highest BCUT2D eigenvalue weighted by Crippen LogP contribution is 2.07. The minimum absolute atomic E-state index is 0.603. The zero-order valence-electron chi connectivity index (χ0n) is 12.0. The summed E-state index contributed by atoms with van der Waals surface area (Å²) in [6, 6.07) is 8.30. The first-order chi connectivity index (χ1) is 9.79. The molecule has 1 fully saturated rings. The van der Waals surface area contributed by atoms with Crippen molar-refractivity contribution >= 4 is 5.96 Å². The Labute approximate surface area is 120 Å². The van der Waals surface area contributed by atoms with Crippen LogP contribution in [0, 0.1) is 0 Å². The molecule has 1 aromatic carbocycles. The highest BCUT2D eigenvalue weighted by atomic mass is 16.5. The summed E-state index contributed by atoms with van der Waals surface area (Å²) in [4.78, 5) is 6.51.